The van der Waals surface area contributed by atoms with Crippen molar-refractivity contribution in [3.8, 4) is 6.07 Å². The first kappa shape index (κ1) is 13.1. The molecule has 0 fully saturated rings. The van der Waals surface area contributed by atoms with Crippen LogP contribution in [0.3, 0.4) is 0 Å². The number of aromatic amines is 1. The van der Waals surface area contributed by atoms with E-state index in [0.29, 0.717) is 16.5 Å². The highest BCUT2D eigenvalue weighted by Gasteiger charge is 2.22. The van der Waals surface area contributed by atoms with Gasteiger partial charge in [0.1, 0.15) is 6.07 Å². The minimum Gasteiger partial charge on any atom is -0.357 e. The summed E-state index contributed by atoms with van der Waals surface area (Å²) in [4.78, 5) is 13.6. The monoisotopic (exact) mass is 257 g/mol. The zero-order valence-electron chi connectivity index (χ0n) is 11.2. The van der Waals surface area contributed by atoms with E-state index in [4.69, 9.17) is 5.26 Å². The average molecular weight is 257 g/mol. The molecular weight excluding hydrogens is 242 g/mol. The molecule has 0 amide bonds. The van der Waals surface area contributed by atoms with Crippen molar-refractivity contribution in [2.45, 2.75) is 32.6 Å². The Morgan fingerprint density at radius 3 is 2.63 bits per heavy atom. The van der Waals surface area contributed by atoms with Gasteiger partial charge >= 0.3 is 0 Å². The Morgan fingerprint density at radius 1 is 1.42 bits per heavy atom. The molecule has 1 aromatic carbocycles. The first-order valence-electron chi connectivity index (χ1n) is 6.11. The first-order chi connectivity index (χ1) is 8.89. The Morgan fingerprint density at radius 2 is 2.11 bits per heavy atom. The molecule has 0 aliphatic rings. The van der Waals surface area contributed by atoms with E-state index >= 15 is 0 Å². The van der Waals surface area contributed by atoms with E-state index in [9.17, 15) is 10.1 Å². The molecule has 1 aromatic heterocycles. The van der Waals surface area contributed by atoms with E-state index in [1.54, 1.807) is 0 Å². The number of nitro benzene ring substituents is 1. The van der Waals surface area contributed by atoms with E-state index in [2.05, 4.69) is 25.8 Å². The van der Waals surface area contributed by atoms with Gasteiger partial charge in [0, 0.05) is 28.6 Å². The van der Waals surface area contributed by atoms with Gasteiger partial charge in [0.15, 0.2) is 0 Å². The molecule has 1 heterocycles. The van der Waals surface area contributed by atoms with Crippen LogP contribution in [0, 0.1) is 21.4 Å². The molecular formula is C14H15N3O2. The van der Waals surface area contributed by atoms with Crippen LogP contribution in [-0.2, 0) is 5.41 Å². The summed E-state index contributed by atoms with van der Waals surface area (Å²) in [6, 6.07) is 6.72. The number of non-ortho nitro benzene ring substituents is 1. The maximum Gasteiger partial charge on any atom is 0.271 e. The SMILES string of the molecule is CCC(C)(C)c1cc2cc([N+](=O)[O-])cc(C#N)c2[nH]1. The summed E-state index contributed by atoms with van der Waals surface area (Å²) < 4.78 is 0. The topological polar surface area (TPSA) is 82.7 Å². The van der Waals surface area contributed by atoms with Gasteiger partial charge in [-0.05, 0) is 12.5 Å². The fourth-order valence-electron chi connectivity index (χ4n) is 1.98. The second kappa shape index (κ2) is 4.39. The standard InChI is InChI=1S/C14H15N3O2/c1-4-14(2,3)12-7-9-5-11(17(18)19)6-10(8-15)13(9)16-12/h5-7,16H,4H2,1-3H3. The van der Waals surface area contributed by atoms with Gasteiger partial charge in [-0.3, -0.25) is 10.1 Å². The van der Waals surface area contributed by atoms with E-state index in [-0.39, 0.29) is 11.1 Å². The lowest BCUT2D eigenvalue weighted by atomic mass is 9.86. The predicted molar refractivity (Wildman–Crippen MR) is 73.0 cm³/mol. The largest absolute Gasteiger partial charge is 0.357 e. The van der Waals surface area contributed by atoms with Gasteiger partial charge in [0.25, 0.3) is 5.69 Å². The van der Waals surface area contributed by atoms with Crippen LogP contribution in [0.25, 0.3) is 10.9 Å². The van der Waals surface area contributed by atoms with Crippen molar-refractivity contribution in [1.82, 2.24) is 4.98 Å². The molecule has 0 spiro atoms. The Bertz CT molecular complexity index is 693. The summed E-state index contributed by atoms with van der Waals surface area (Å²) in [5.41, 5.74) is 1.86. The van der Waals surface area contributed by atoms with E-state index in [0.717, 1.165) is 12.1 Å². The van der Waals surface area contributed by atoms with E-state index in [1.165, 1.54) is 12.1 Å². The molecule has 5 nitrogen and oxygen atoms in total. The maximum absolute atomic E-state index is 10.9. The molecule has 19 heavy (non-hydrogen) atoms. The molecule has 0 aliphatic carbocycles. The van der Waals surface area contributed by atoms with Gasteiger partial charge in [0.05, 0.1) is 16.0 Å². The lowest BCUT2D eigenvalue weighted by Gasteiger charge is -2.20. The highest BCUT2D eigenvalue weighted by molar-refractivity contribution is 5.88. The summed E-state index contributed by atoms with van der Waals surface area (Å²) in [6.07, 6.45) is 0.934. The number of benzene rings is 1. The highest BCUT2D eigenvalue weighted by atomic mass is 16.6. The summed E-state index contributed by atoms with van der Waals surface area (Å²) >= 11 is 0. The van der Waals surface area contributed by atoms with Gasteiger partial charge < -0.3 is 4.98 Å². The van der Waals surface area contributed by atoms with Crippen molar-refractivity contribution in [3.63, 3.8) is 0 Å². The van der Waals surface area contributed by atoms with Crippen LogP contribution in [0.15, 0.2) is 18.2 Å². The number of nitriles is 1. The molecule has 0 saturated carbocycles. The van der Waals surface area contributed by atoms with Crippen LogP contribution in [0.4, 0.5) is 5.69 Å². The number of hydrogen-bond donors (Lipinski definition) is 1. The lowest BCUT2D eigenvalue weighted by molar-refractivity contribution is -0.384. The number of nitrogens with zero attached hydrogens (tertiary/aromatic N) is 2. The normalized spacial score (nSPS) is 11.5. The molecule has 0 radical (unpaired) electrons. The fraction of sp³-hybridized carbons (Fsp3) is 0.357. The summed E-state index contributed by atoms with van der Waals surface area (Å²) in [6.45, 7) is 6.27. The van der Waals surface area contributed by atoms with Gasteiger partial charge in [-0.1, -0.05) is 20.8 Å². The molecule has 0 unspecified atom stereocenters. The zero-order valence-corrected chi connectivity index (χ0v) is 11.2. The van der Waals surface area contributed by atoms with Gasteiger partial charge in [-0.15, -0.1) is 0 Å². The second-order valence-corrected chi connectivity index (χ2v) is 5.25. The number of rotatable bonds is 3. The minimum atomic E-state index is -0.474. The Kier molecular flexibility index (Phi) is 3.03. The third-order valence-corrected chi connectivity index (χ3v) is 3.66. The average Bonchev–Trinajstić information content (AvgIpc) is 2.81. The Labute approximate surface area is 111 Å². The Hall–Kier alpha value is -2.35. The molecule has 1 N–H and O–H groups in total. The molecule has 0 saturated heterocycles. The van der Waals surface area contributed by atoms with Crippen molar-refractivity contribution in [2.24, 2.45) is 0 Å². The van der Waals surface area contributed by atoms with Crippen molar-refractivity contribution in [2.75, 3.05) is 0 Å². The summed E-state index contributed by atoms with van der Waals surface area (Å²) in [5, 5.41) is 20.7. The first-order valence-corrected chi connectivity index (χ1v) is 6.11. The highest BCUT2D eigenvalue weighted by Crippen LogP contribution is 2.32. The minimum absolute atomic E-state index is 0.0519. The van der Waals surface area contributed by atoms with Crippen molar-refractivity contribution in [1.29, 1.82) is 5.26 Å². The fourth-order valence-corrected chi connectivity index (χ4v) is 1.98. The number of fused-ring (bicyclic) bond motifs is 1. The molecule has 98 valence electrons. The smallest absolute Gasteiger partial charge is 0.271 e. The second-order valence-electron chi connectivity index (χ2n) is 5.25. The summed E-state index contributed by atoms with van der Waals surface area (Å²) in [7, 11) is 0. The van der Waals surface area contributed by atoms with E-state index in [1.807, 2.05) is 12.1 Å². The number of nitro groups is 1. The van der Waals surface area contributed by atoms with Crippen LogP contribution in [0.1, 0.15) is 38.4 Å². The van der Waals surface area contributed by atoms with E-state index < -0.39 is 4.92 Å². The van der Waals surface area contributed by atoms with Crippen molar-refractivity contribution >= 4 is 16.6 Å². The van der Waals surface area contributed by atoms with Gasteiger partial charge in [-0.25, -0.2) is 0 Å². The number of aromatic nitrogens is 1. The number of hydrogen-bond acceptors (Lipinski definition) is 3. The summed E-state index contributed by atoms with van der Waals surface area (Å²) in [5.74, 6) is 0. The maximum atomic E-state index is 10.9. The van der Waals surface area contributed by atoms with Crippen molar-refractivity contribution in [3.05, 3.63) is 39.6 Å². The predicted octanol–water partition coefficient (Wildman–Crippen LogP) is 3.64. The quantitative estimate of drug-likeness (QED) is 0.673. The van der Waals surface area contributed by atoms with Crippen LogP contribution in [0.5, 0.6) is 0 Å². The third kappa shape index (κ3) is 2.17. The molecule has 0 bridgehead atoms. The van der Waals surface area contributed by atoms with Crippen LogP contribution in [-0.4, -0.2) is 9.91 Å². The zero-order chi connectivity index (χ0) is 14.2. The Balaban J connectivity index is 2.72. The molecule has 2 rings (SSSR count). The lowest BCUT2D eigenvalue weighted by Crippen LogP contribution is -2.15. The molecule has 0 aliphatic heterocycles. The molecule has 2 aromatic rings. The molecule has 0 atom stereocenters. The van der Waals surface area contributed by atoms with Crippen molar-refractivity contribution < 1.29 is 4.92 Å². The van der Waals surface area contributed by atoms with Crippen LogP contribution >= 0.6 is 0 Å². The van der Waals surface area contributed by atoms with Crippen LogP contribution in [0.2, 0.25) is 0 Å². The third-order valence-electron chi connectivity index (χ3n) is 3.66. The molecule has 5 heteroatoms. The number of nitrogens with one attached hydrogen (secondary N) is 1. The van der Waals surface area contributed by atoms with Gasteiger partial charge in [-0.2, -0.15) is 5.26 Å². The van der Waals surface area contributed by atoms with Crippen LogP contribution < -0.4 is 0 Å². The number of H-pyrrole nitrogens is 1. The van der Waals surface area contributed by atoms with Gasteiger partial charge in [0.2, 0.25) is 0 Å².